The second-order valence-corrected chi connectivity index (χ2v) is 4.33. The van der Waals surface area contributed by atoms with E-state index in [2.05, 4.69) is 6.07 Å². The van der Waals surface area contributed by atoms with Gasteiger partial charge in [-0.25, -0.2) is 0 Å². The molecule has 0 spiro atoms. The third-order valence-corrected chi connectivity index (χ3v) is 3.05. The predicted molar refractivity (Wildman–Crippen MR) is 76.5 cm³/mol. The van der Waals surface area contributed by atoms with Gasteiger partial charge in [-0.1, -0.05) is 29.8 Å². The Balaban J connectivity index is 0.00000220. The van der Waals surface area contributed by atoms with Crippen molar-refractivity contribution >= 4 is 0 Å². The first-order chi connectivity index (χ1) is 9.67. The average molecular weight is 356 g/mol. The quantitative estimate of drug-likeness (QED) is 0.792. The third-order valence-electron chi connectivity index (χ3n) is 3.05. The minimum atomic E-state index is -0.0366. The Morgan fingerprint density at radius 3 is 2.76 bits per heavy atom. The maximum Gasteiger partial charge on any atom is 0.194 e. The van der Waals surface area contributed by atoms with Crippen molar-refractivity contribution in [2.45, 2.75) is 20.4 Å². The van der Waals surface area contributed by atoms with Crippen molar-refractivity contribution in [1.82, 2.24) is 4.57 Å². The van der Waals surface area contributed by atoms with Gasteiger partial charge in [0.25, 0.3) is 0 Å². The van der Waals surface area contributed by atoms with Gasteiger partial charge in [-0.05, 0) is 19.1 Å². The molecule has 1 radical (unpaired) electrons. The largest absolute Gasteiger partial charge is 0.479 e. The number of hydrogen-bond acceptors (Lipinski definition) is 3. The Morgan fingerprint density at radius 2 is 2.14 bits per heavy atom. The third kappa shape index (κ3) is 4.03. The molecule has 0 aliphatic heterocycles. The number of hydrogen-bond donors (Lipinski definition) is 0. The van der Waals surface area contributed by atoms with Crippen molar-refractivity contribution in [2.75, 3.05) is 6.61 Å². The van der Waals surface area contributed by atoms with E-state index < -0.39 is 0 Å². The van der Waals surface area contributed by atoms with Crippen molar-refractivity contribution in [1.29, 1.82) is 5.26 Å². The molecule has 0 fully saturated rings. The van der Waals surface area contributed by atoms with Crippen LogP contribution in [0.3, 0.4) is 0 Å². The number of ether oxygens (including phenoxy) is 1. The van der Waals surface area contributed by atoms with Gasteiger partial charge in [0.05, 0.1) is 0 Å². The average Bonchev–Trinajstić information content (AvgIpc) is 2.45. The molecule has 0 bridgehead atoms. The molecule has 0 amide bonds. The summed E-state index contributed by atoms with van der Waals surface area (Å²) in [6.07, 6.45) is 0. The van der Waals surface area contributed by atoms with E-state index in [0.717, 1.165) is 16.8 Å². The molecule has 0 N–H and O–H groups in total. The number of aromatic nitrogens is 1. The molecule has 0 saturated heterocycles. The van der Waals surface area contributed by atoms with E-state index in [1.165, 1.54) is 6.07 Å². The van der Waals surface area contributed by atoms with E-state index in [-0.39, 0.29) is 44.9 Å². The predicted octanol–water partition coefficient (Wildman–Crippen LogP) is 2.54. The molecule has 1 aromatic carbocycles. The fourth-order valence-electron chi connectivity index (χ4n) is 2.11. The molecule has 0 aliphatic carbocycles. The van der Waals surface area contributed by atoms with Crippen LogP contribution in [0.5, 0.6) is 5.75 Å². The van der Waals surface area contributed by atoms with Crippen LogP contribution in [0.4, 0.5) is 0 Å². The van der Waals surface area contributed by atoms with Crippen LogP contribution in [-0.2, 0) is 39.3 Å². The molecular formula is C16H15N2O2Y-. The summed E-state index contributed by atoms with van der Waals surface area (Å²) in [5, 5.41) is 8.51. The zero-order valence-corrected chi connectivity index (χ0v) is 14.9. The van der Waals surface area contributed by atoms with Gasteiger partial charge in [0.15, 0.2) is 12.2 Å². The summed E-state index contributed by atoms with van der Waals surface area (Å²) < 4.78 is 6.95. The van der Waals surface area contributed by atoms with Gasteiger partial charge in [0, 0.05) is 39.3 Å². The van der Waals surface area contributed by atoms with Crippen molar-refractivity contribution in [2.24, 2.45) is 0 Å². The smallest absolute Gasteiger partial charge is 0.194 e. The molecule has 1 aromatic heterocycles. The molecule has 0 atom stereocenters. The molecule has 5 heteroatoms. The monoisotopic (exact) mass is 356 g/mol. The fourth-order valence-corrected chi connectivity index (χ4v) is 2.11. The van der Waals surface area contributed by atoms with E-state index in [4.69, 9.17) is 10.00 Å². The summed E-state index contributed by atoms with van der Waals surface area (Å²) in [6.45, 7) is 4.49. The number of aryl methyl sites for hydroxylation is 1. The molecule has 4 nitrogen and oxygen atoms in total. The molecule has 2 aromatic rings. The van der Waals surface area contributed by atoms with Gasteiger partial charge in [-0.2, -0.15) is 17.4 Å². The van der Waals surface area contributed by atoms with Crippen LogP contribution >= 0.6 is 0 Å². The van der Waals surface area contributed by atoms with Crippen molar-refractivity contribution in [3.05, 3.63) is 52.3 Å². The summed E-state index contributed by atoms with van der Waals surface area (Å²) in [5.74, 6) is 0.647. The maximum absolute atomic E-state index is 11.8. The standard InChI is InChI=1S/C16H15N2O2.Y/c1-3-18-15(5-4-6-16(18)19)14-8-7-13(11-12(14)2)20-10-9-17;/h4,6-8,11H,3,10H2,1-2H3;/q-1;. The second-order valence-electron chi connectivity index (χ2n) is 4.33. The van der Waals surface area contributed by atoms with Gasteiger partial charge in [-0.3, -0.25) is 4.79 Å². The molecule has 105 valence electrons. The van der Waals surface area contributed by atoms with Gasteiger partial charge in [0.2, 0.25) is 0 Å². The summed E-state index contributed by atoms with van der Waals surface area (Å²) in [7, 11) is 0. The molecular weight excluding hydrogens is 341 g/mol. The molecule has 1 heterocycles. The van der Waals surface area contributed by atoms with Crippen LogP contribution in [0.1, 0.15) is 12.5 Å². The van der Waals surface area contributed by atoms with Crippen LogP contribution < -0.4 is 10.3 Å². The minimum absolute atomic E-state index is 0. The minimum Gasteiger partial charge on any atom is -0.479 e. The summed E-state index contributed by atoms with van der Waals surface area (Å²) in [6, 6.07) is 13.7. The zero-order chi connectivity index (χ0) is 14.5. The van der Waals surface area contributed by atoms with Crippen LogP contribution in [0.15, 0.2) is 35.1 Å². The van der Waals surface area contributed by atoms with Gasteiger partial charge < -0.3 is 9.30 Å². The molecule has 0 unspecified atom stereocenters. The Hall–Kier alpha value is -1.44. The van der Waals surface area contributed by atoms with Crippen molar-refractivity contribution in [3.63, 3.8) is 0 Å². The van der Waals surface area contributed by atoms with Crippen LogP contribution in [0.25, 0.3) is 11.3 Å². The summed E-state index contributed by atoms with van der Waals surface area (Å²) in [5.41, 5.74) is 2.65. The molecule has 2 rings (SSSR count). The van der Waals surface area contributed by atoms with Crippen LogP contribution in [-0.4, -0.2) is 11.2 Å². The SMILES string of the molecule is CCn1c(-c2ccc(OCC#N)cc2C)[c-]ccc1=O.[Y]. The Labute approximate surface area is 149 Å². The number of nitrogens with zero attached hydrogens (tertiary/aromatic N) is 2. The first-order valence-corrected chi connectivity index (χ1v) is 6.39. The summed E-state index contributed by atoms with van der Waals surface area (Å²) in [4.78, 5) is 11.8. The maximum atomic E-state index is 11.8. The normalized spacial score (nSPS) is 9.57. The number of pyridine rings is 1. The van der Waals surface area contributed by atoms with Gasteiger partial charge in [0.1, 0.15) is 11.8 Å². The van der Waals surface area contributed by atoms with E-state index in [0.29, 0.717) is 12.3 Å². The van der Waals surface area contributed by atoms with Gasteiger partial charge in [-0.15, -0.1) is 6.07 Å². The van der Waals surface area contributed by atoms with E-state index in [1.54, 1.807) is 16.7 Å². The van der Waals surface area contributed by atoms with E-state index in [9.17, 15) is 4.79 Å². The fraction of sp³-hybridized carbons (Fsp3) is 0.250. The number of nitriles is 1. The zero-order valence-electron chi connectivity index (χ0n) is 12.1. The summed E-state index contributed by atoms with van der Waals surface area (Å²) >= 11 is 0. The Morgan fingerprint density at radius 1 is 1.38 bits per heavy atom. The number of benzene rings is 1. The van der Waals surface area contributed by atoms with Crippen LogP contribution in [0, 0.1) is 24.3 Å². The molecule has 0 saturated carbocycles. The topological polar surface area (TPSA) is 55.0 Å². The van der Waals surface area contributed by atoms with Crippen molar-refractivity contribution < 1.29 is 37.4 Å². The first kappa shape index (κ1) is 17.6. The van der Waals surface area contributed by atoms with E-state index >= 15 is 0 Å². The molecule has 21 heavy (non-hydrogen) atoms. The van der Waals surface area contributed by atoms with Crippen molar-refractivity contribution in [3.8, 4) is 23.1 Å². The second kappa shape index (κ2) is 8.12. The Bertz CT molecular complexity index is 717. The molecule has 0 aliphatic rings. The van der Waals surface area contributed by atoms with E-state index in [1.807, 2.05) is 32.0 Å². The van der Waals surface area contributed by atoms with Crippen LogP contribution in [0.2, 0.25) is 0 Å². The number of rotatable bonds is 4. The van der Waals surface area contributed by atoms with Gasteiger partial charge >= 0.3 is 0 Å². The Kier molecular flexibility index (Phi) is 6.81. The first-order valence-electron chi connectivity index (χ1n) is 6.39.